The third kappa shape index (κ3) is 3.75. The van der Waals surface area contributed by atoms with Gasteiger partial charge in [-0.2, -0.15) is 5.12 Å². The van der Waals surface area contributed by atoms with Gasteiger partial charge in [0.2, 0.25) is 0 Å². The number of nitrogens with zero attached hydrogens (tertiary/aromatic N) is 2. The molecule has 0 bridgehead atoms. The van der Waals surface area contributed by atoms with Gasteiger partial charge in [-0.05, 0) is 23.6 Å². The first-order chi connectivity index (χ1) is 13.3. The molecule has 0 aliphatic carbocycles. The van der Waals surface area contributed by atoms with Gasteiger partial charge in [0.1, 0.15) is 0 Å². The van der Waals surface area contributed by atoms with Gasteiger partial charge >= 0.3 is 0 Å². The maximum absolute atomic E-state index is 6.27. The quantitative estimate of drug-likeness (QED) is 0.302. The Morgan fingerprint density at radius 3 is 2.11 bits per heavy atom. The van der Waals surface area contributed by atoms with E-state index in [2.05, 4.69) is 28.7 Å². The third-order valence-corrected chi connectivity index (χ3v) is 4.29. The summed E-state index contributed by atoms with van der Waals surface area (Å²) in [5.74, 6) is 0.437. The van der Waals surface area contributed by atoms with Gasteiger partial charge in [0.15, 0.2) is 5.84 Å². The molecule has 0 aliphatic rings. The van der Waals surface area contributed by atoms with Crippen LogP contribution in [0.15, 0.2) is 108 Å². The van der Waals surface area contributed by atoms with Crippen molar-refractivity contribution in [2.24, 2.45) is 10.8 Å². The fourth-order valence-corrected chi connectivity index (χ4v) is 2.93. The minimum Gasteiger partial charge on any atom is -0.382 e. The first-order valence-corrected chi connectivity index (χ1v) is 8.80. The lowest BCUT2D eigenvalue weighted by Crippen LogP contribution is -2.28. The van der Waals surface area contributed by atoms with E-state index >= 15 is 0 Å². The Kier molecular flexibility index (Phi) is 4.70. The second-order valence-corrected chi connectivity index (χ2v) is 6.14. The summed E-state index contributed by atoms with van der Waals surface area (Å²) in [4.78, 5) is 0. The molecule has 0 saturated carbocycles. The minimum absolute atomic E-state index is 0.437. The van der Waals surface area contributed by atoms with Gasteiger partial charge in [0, 0.05) is 10.9 Å². The van der Waals surface area contributed by atoms with Crippen LogP contribution in [0.2, 0.25) is 0 Å². The van der Waals surface area contributed by atoms with Crippen LogP contribution in [0.5, 0.6) is 0 Å². The standard InChI is InChI=1S/C23H20N4/c24-23(19-11-3-1-4-12-19)26-27(20-14-5-2-6-15-20)25-22-17-9-13-18-10-7-8-16-21(18)22/h1-17,25H,(H2,24,26). The van der Waals surface area contributed by atoms with Crippen molar-refractivity contribution in [3.8, 4) is 0 Å². The van der Waals surface area contributed by atoms with Gasteiger partial charge in [-0.25, -0.2) is 0 Å². The topological polar surface area (TPSA) is 53.6 Å². The summed E-state index contributed by atoms with van der Waals surface area (Å²) >= 11 is 0. The number of hydrogen-bond donors (Lipinski definition) is 2. The summed E-state index contributed by atoms with van der Waals surface area (Å²) in [5.41, 5.74) is 12.4. The van der Waals surface area contributed by atoms with Crippen molar-refractivity contribution in [3.63, 3.8) is 0 Å². The van der Waals surface area contributed by atoms with Gasteiger partial charge < -0.3 is 5.73 Å². The third-order valence-electron chi connectivity index (χ3n) is 4.29. The summed E-state index contributed by atoms with van der Waals surface area (Å²) in [6.45, 7) is 0. The van der Waals surface area contributed by atoms with Crippen LogP contribution in [0.25, 0.3) is 10.8 Å². The molecule has 0 heterocycles. The van der Waals surface area contributed by atoms with Gasteiger partial charge in [0.05, 0.1) is 11.4 Å². The van der Waals surface area contributed by atoms with Crippen molar-refractivity contribution in [3.05, 3.63) is 109 Å². The summed E-state index contributed by atoms with van der Waals surface area (Å²) in [7, 11) is 0. The maximum atomic E-state index is 6.27. The zero-order chi connectivity index (χ0) is 18.5. The Balaban J connectivity index is 1.75. The van der Waals surface area contributed by atoms with Gasteiger partial charge in [-0.3, -0.25) is 5.43 Å². The molecule has 4 nitrogen and oxygen atoms in total. The molecular formula is C23H20N4. The summed E-state index contributed by atoms with van der Waals surface area (Å²) in [5, 5.41) is 8.63. The predicted molar refractivity (Wildman–Crippen MR) is 114 cm³/mol. The van der Waals surface area contributed by atoms with Gasteiger partial charge in [-0.15, -0.1) is 5.10 Å². The largest absolute Gasteiger partial charge is 0.382 e. The number of nitrogens with one attached hydrogen (secondary N) is 1. The molecule has 4 rings (SSSR count). The van der Waals surface area contributed by atoms with Crippen molar-refractivity contribution in [1.29, 1.82) is 0 Å². The number of hydrazine groups is 1. The number of anilines is 2. The number of hydrogen-bond acceptors (Lipinski definition) is 3. The Bertz CT molecular complexity index is 1050. The SMILES string of the molecule is N/C(=N\N(Nc1cccc2ccccc12)c1ccccc1)c1ccccc1. The smallest absolute Gasteiger partial charge is 0.153 e. The molecule has 0 spiro atoms. The summed E-state index contributed by atoms with van der Waals surface area (Å²) in [6, 6.07) is 34.0. The van der Waals surface area contributed by atoms with Crippen molar-refractivity contribution < 1.29 is 0 Å². The van der Waals surface area contributed by atoms with Crippen LogP contribution in [0, 0.1) is 0 Å². The van der Waals surface area contributed by atoms with Crippen LogP contribution in [0.3, 0.4) is 0 Å². The molecule has 0 amide bonds. The van der Waals surface area contributed by atoms with Crippen LogP contribution >= 0.6 is 0 Å². The summed E-state index contributed by atoms with van der Waals surface area (Å²) < 4.78 is 0. The molecule has 27 heavy (non-hydrogen) atoms. The molecule has 0 aromatic heterocycles. The van der Waals surface area contributed by atoms with Crippen LogP contribution in [0.4, 0.5) is 11.4 Å². The van der Waals surface area contributed by atoms with Crippen molar-refractivity contribution in [2.45, 2.75) is 0 Å². The fourth-order valence-electron chi connectivity index (χ4n) is 2.93. The predicted octanol–water partition coefficient (Wildman–Crippen LogP) is 4.99. The molecule has 4 aromatic carbocycles. The maximum Gasteiger partial charge on any atom is 0.153 e. The lowest BCUT2D eigenvalue weighted by atomic mass is 10.1. The zero-order valence-electron chi connectivity index (χ0n) is 14.8. The summed E-state index contributed by atoms with van der Waals surface area (Å²) in [6.07, 6.45) is 0. The molecular weight excluding hydrogens is 332 g/mol. The number of hydrazone groups is 1. The zero-order valence-corrected chi connectivity index (χ0v) is 14.8. The monoisotopic (exact) mass is 352 g/mol. The highest BCUT2D eigenvalue weighted by molar-refractivity contribution is 5.98. The molecule has 132 valence electrons. The van der Waals surface area contributed by atoms with E-state index in [0.717, 1.165) is 27.7 Å². The number of rotatable bonds is 5. The van der Waals surface area contributed by atoms with Gasteiger partial charge in [-0.1, -0.05) is 84.9 Å². The highest BCUT2D eigenvalue weighted by Gasteiger charge is 2.09. The van der Waals surface area contributed by atoms with Crippen LogP contribution < -0.4 is 16.3 Å². The van der Waals surface area contributed by atoms with E-state index in [4.69, 9.17) is 5.73 Å². The van der Waals surface area contributed by atoms with Crippen molar-refractivity contribution in [2.75, 3.05) is 10.5 Å². The number of para-hydroxylation sites is 1. The van der Waals surface area contributed by atoms with Crippen LogP contribution in [-0.2, 0) is 0 Å². The second kappa shape index (κ2) is 7.62. The number of benzene rings is 4. The Labute approximate surface area is 158 Å². The minimum atomic E-state index is 0.437. The lowest BCUT2D eigenvalue weighted by Gasteiger charge is -2.23. The average molecular weight is 352 g/mol. The van der Waals surface area contributed by atoms with E-state index in [1.165, 1.54) is 0 Å². The molecule has 0 unspecified atom stereocenters. The molecule has 0 saturated heterocycles. The van der Waals surface area contributed by atoms with E-state index in [0.29, 0.717) is 5.84 Å². The lowest BCUT2D eigenvalue weighted by molar-refractivity contribution is 0.989. The van der Waals surface area contributed by atoms with E-state index in [1.807, 2.05) is 84.9 Å². The molecule has 3 N–H and O–H groups in total. The van der Waals surface area contributed by atoms with E-state index in [9.17, 15) is 0 Å². The average Bonchev–Trinajstić information content (AvgIpc) is 2.74. The fraction of sp³-hybridized carbons (Fsp3) is 0. The molecule has 4 aromatic rings. The number of fused-ring (bicyclic) bond motifs is 1. The Morgan fingerprint density at radius 2 is 1.33 bits per heavy atom. The van der Waals surface area contributed by atoms with Crippen molar-refractivity contribution >= 4 is 28.0 Å². The Morgan fingerprint density at radius 1 is 0.704 bits per heavy atom. The highest BCUT2D eigenvalue weighted by Crippen LogP contribution is 2.25. The first-order valence-electron chi connectivity index (χ1n) is 8.80. The van der Waals surface area contributed by atoms with Crippen molar-refractivity contribution in [1.82, 2.24) is 0 Å². The molecule has 0 aliphatic heterocycles. The number of amidine groups is 1. The first kappa shape index (κ1) is 16.7. The van der Waals surface area contributed by atoms with Crippen LogP contribution in [0.1, 0.15) is 5.56 Å². The molecule has 0 fully saturated rings. The molecule has 0 radical (unpaired) electrons. The van der Waals surface area contributed by atoms with E-state index < -0.39 is 0 Å². The highest BCUT2D eigenvalue weighted by atomic mass is 15.7. The molecule has 0 atom stereocenters. The normalized spacial score (nSPS) is 11.3. The van der Waals surface area contributed by atoms with Gasteiger partial charge in [0.25, 0.3) is 0 Å². The van der Waals surface area contributed by atoms with E-state index in [-0.39, 0.29) is 0 Å². The van der Waals surface area contributed by atoms with E-state index in [1.54, 1.807) is 5.12 Å². The second-order valence-electron chi connectivity index (χ2n) is 6.14. The Hall–Kier alpha value is -3.79. The molecule has 4 heteroatoms. The number of nitrogens with two attached hydrogens (primary N) is 1. The van der Waals surface area contributed by atoms with Crippen LogP contribution in [-0.4, -0.2) is 5.84 Å².